The third-order valence-corrected chi connectivity index (χ3v) is 3.57. The number of H-pyrrole nitrogens is 1. The van der Waals surface area contributed by atoms with E-state index in [0.717, 1.165) is 16.5 Å². The first-order valence-electron chi connectivity index (χ1n) is 6.75. The molecule has 0 unspecified atom stereocenters. The van der Waals surface area contributed by atoms with Crippen LogP contribution < -0.4 is 0 Å². The number of phenols is 1. The molecule has 4 heteroatoms. The molecule has 1 amide bonds. The van der Waals surface area contributed by atoms with Gasteiger partial charge in [0.05, 0.1) is 5.56 Å². The van der Waals surface area contributed by atoms with Gasteiger partial charge in [0.15, 0.2) is 0 Å². The fourth-order valence-electron chi connectivity index (χ4n) is 2.43. The first-order chi connectivity index (χ1) is 10.2. The normalized spacial score (nSPS) is 10.7. The number of hydrogen-bond acceptors (Lipinski definition) is 2. The van der Waals surface area contributed by atoms with Gasteiger partial charge in [0.25, 0.3) is 5.91 Å². The van der Waals surface area contributed by atoms with Crippen molar-refractivity contribution in [3.8, 4) is 5.75 Å². The van der Waals surface area contributed by atoms with Crippen LogP contribution in [0.15, 0.2) is 54.7 Å². The Hall–Kier alpha value is -2.75. The van der Waals surface area contributed by atoms with Gasteiger partial charge in [-0.2, -0.15) is 0 Å². The van der Waals surface area contributed by atoms with Crippen LogP contribution in [0.4, 0.5) is 0 Å². The lowest BCUT2D eigenvalue weighted by molar-refractivity contribution is 0.0786. The minimum Gasteiger partial charge on any atom is -0.508 e. The molecule has 0 saturated heterocycles. The molecule has 0 radical (unpaired) electrons. The van der Waals surface area contributed by atoms with Crippen LogP contribution in [0.5, 0.6) is 5.75 Å². The molecule has 0 saturated carbocycles. The lowest BCUT2D eigenvalue weighted by atomic mass is 10.1. The van der Waals surface area contributed by atoms with E-state index in [2.05, 4.69) is 4.98 Å². The number of phenolic OH excluding ortho intramolecular Hbond substituents is 1. The maximum atomic E-state index is 12.6. The van der Waals surface area contributed by atoms with Gasteiger partial charge in [0.1, 0.15) is 5.75 Å². The second-order valence-corrected chi connectivity index (χ2v) is 5.04. The van der Waals surface area contributed by atoms with Crippen LogP contribution in [0.3, 0.4) is 0 Å². The van der Waals surface area contributed by atoms with Crippen molar-refractivity contribution in [2.24, 2.45) is 0 Å². The van der Waals surface area contributed by atoms with Gasteiger partial charge in [-0.05, 0) is 12.1 Å². The highest BCUT2D eigenvalue weighted by molar-refractivity contribution is 6.06. The number of benzene rings is 2. The van der Waals surface area contributed by atoms with Gasteiger partial charge in [-0.25, -0.2) is 0 Å². The lowest BCUT2D eigenvalue weighted by Crippen LogP contribution is -2.26. The largest absolute Gasteiger partial charge is 0.508 e. The number of nitrogens with one attached hydrogen (secondary N) is 1. The number of aromatic nitrogens is 1. The third-order valence-electron chi connectivity index (χ3n) is 3.57. The Bertz CT molecular complexity index is 792. The van der Waals surface area contributed by atoms with Crippen LogP contribution in [0.25, 0.3) is 10.9 Å². The number of para-hydroxylation sites is 2. The van der Waals surface area contributed by atoms with E-state index in [-0.39, 0.29) is 11.7 Å². The van der Waals surface area contributed by atoms with E-state index in [1.165, 1.54) is 0 Å². The molecular weight excluding hydrogens is 264 g/mol. The van der Waals surface area contributed by atoms with E-state index >= 15 is 0 Å². The lowest BCUT2D eigenvalue weighted by Gasteiger charge is -2.17. The van der Waals surface area contributed by atoms with E-state index in [0.29, 0.717) is 12.1 Å². The molecule has 4 nitrogen and oxygen atoms in total. The highest BCUT2D eigenvalue weighted by Crippen LogP contribution is 2.21. The number of aromatic hydroxyl groups is 1. The van der Waals surface area contributed by atoms with E-state index in [1.54, 1.807) is 30.3 Å². The molecule has 1 aromatic heterocycles. The summed E-state index contributed by atoms with van der Waals surface area (Å²) in [4.78, 5) is 17.3. The van der Waals surface area contributed by atoms with Crippen LogP contribution in [-0.2, 0) is 6.54 Å². The van der Waals surface area contributed by atoms with Crippen molar-refractivity contribution < 1.29 is 9.90 Å². The predicted octanol–water partition coefficient (Wildman–Crippen LogP) is 3.15. The molecule has 1 heterocycles. The summed E-state index contributed by atoms with van der Waals surface area (Å²) in [6, 6.07) is 14.8. The van der Waals surface area contributed by atoms with Gasteiger partial charge < -0.3 is 15.0 Å². The van der Waals surface area contributed by atoms with Gasteiger partial charge >= 0.3 is 0 Å². The van der Waals surface area contributed by atoms with Crippen molar-refractivity contribution in [2.45, 2.75) is 6.54 Å². The number of carbonyl (C=O) groups excluding carboxylic acids is 1. The molecule has 0 atom stereocenters. The number of hydrogen-bond donors (Lipinski definition) is 2. The van der Waals surface area contributed by atoms with Crippen molar-refractivity contribution >= 4 is 16.8 Å². The highest BCUT2D eigenvalue weighted by Gasteiger charge is 2.17. The third kappa shape index (κ3) is 2.48. The first kappa shape index (κ1) is 13.2. The smallest absolute Gasteiger partial charge is 0.256 e. The molecule has 3 aromatic rings. The Morgan fingerprint density at radius 1 is 1.14 bits per heavy atom. The number of fused-ring (bicyclic) bond motifs is 1. The van der Waals surface area contributed by atoms with E-state index in [4.69, 9.17) is 0 Å². The zero-order valence-corrected chi connectivity index (χ0v) is 11.7. The maximum absolute atomic E-state index is 12.6. The van der Waals surface area contributed by atoms with E-state index < -0.39 is 0 Å². The first-order valence-corrected chi connectivity index (χ1v) is 6.75. The molecule has 0 aliphatic carbocycles. The molecule has 0 aliphatic rings. The summed E-state index contributed by atoms with van der Waals surface area (Å²) < 4.78 is 0. The molecule has 0 bridgehead atoms. The minimum atomic E-state index is -0.0734. The van der Waals surface area contributed by atoms with Crippen molar-refractivity contribution in [2.75, 3.05) is 7.05 Å². The van der Waals surface area contributed by atoms with Crippen molar-refractivity contribution in [1.82, 2.24) is 9.88 Å². The molecule has 2 N–H and O–H groups in total. The van der Waals surface area contributed by atoms with Crippen molar-refractivity contribution in [3.63, 3.8) is 0 Å². The van der Waals surface area contributed by atoms with Gasteiger partial charge in [0.2, 0.25) is 0 Å². The Labute approximate surface area is 122 Å². The zero-order chi connectivity index (χ0) is 14.8. The quantitative estimate of drug-likeness (QED) is 0.774. The van der Waals surface area contributed by atoms with Crippen molar-refractivity contribution in [1.29, 1.82) is 0 Å². The van der Waals surface area contributed by atoms with Gasteiger partial charge in [-0.3, -0.25) is 4.79 Å². The molecule has 0 aliphatic heterocycles. The average molecular weight is 280 g/mol. The Kier molecular flexibility index (Phi) is 3.36. The maximum Gasteiger partial charge on any atom is 0.256 e. The van der Waals surface area contributed by atoms with Gasteiger partial charge in [0, 0.05) is 36.3 Å². The topological polar surface area (TPSA) is 56.3 Å². The molecule has 21 heavy (non-hydrogen) atoms. The average Bonchev–Trinajstić information content (AvgIpc) is 2.92. The van der Waals surface area contributed by atoms with E-state index in [1.807, 2.05) is 36.4 Å². The molecule has 106 valence electrons. The Morgan fingerprint density at radius 2 is 1.86 bits per heavy atom. The molecule has 0 spiro atoms. The number of carbonyl (C=O) groups is 1. The summed E-state index contributed by atoms with van der Waals surface area (Å²) in [5, 5.41) is 10.7. The second kappa shape index (κ2) is 5.32. The summed E-state index contributed by atoms with van der Waals surface area (Å²) in [5.74, 6) is 0.131. The molecule has 3 rings (SSSR count). The monoisotopic (exact) mass is 280 g/mol. The Balaban J connectivity index is 1.86. The minimum absolute atomic E-state index is 0.0734. The number of rotatable bonds is 3. The van der Waals surface area contributed by atoms with Crippen LogP contribution >= 0.6 is 0 Å². The molecule has 2 aromatic carbocycles. The SMILES string of the molecule is CN(Cc1ccccc1O)C(=O)c1c[nH]c2ccccc12. The summed E-state index contributed by atoms with van der Waals surface area (Å²) in [6.07, 6.45) is 1.73. The number of amides is 1. The van der Waals surface area contributed by atoms with Crippen LogP contribution in [0.1, 0.15) is 15.9 Å². The van der Waals surface area contributed by atoms with Crippen LogP contribution in [0.2, 0.25) is 0 Å². The second-order valence-electron chi connectivity index (χ2n) is 5.04. The van der Waals surface area contributed by atoms with Crippen LogP contribution in [-0.4, -0.2) is 27.9 Å². The number of aromatic amines is 1. The fourth-order valence-corrected chi connectivity index (χ4v) is 2.43. The summed E-state index contributed by atoms with van der Waals surface area (Å²) in [5.41, 5.74) is 2.31. The standard InChI is InChI=1S/C17H16N2O2/c1-19(11-12-6-2-5-9-16(12)20)17(21)14-10-18-15-8-4-3-7-13(14)15/h2-10,18,20H,11H2,1H3. The molecule has 0 fully saturated rings. The van der Waals surface area contributed by atoms with Gasteiger partial charge in [-0.1, -0.05) is 36.4 Å². The van der Waals surface area contributed by atoms with Crippen LogP contribution in [0, 0.1) is 0 Å². The Morgan fingerprint density at radius 3 is 2.67 bits per heavy atom. The predicted molar refractivity (Wildman–Crippen MR) is 82.2 cm³/mol. The van der Waals surface area contributed by atoms with Crippen molar-refractivity contribution in [3.05, 3.63) is 65.9 Å². The highest BCUT2D eigenvalue weighted by atomic mass is 16.3. The zero-order valence-electron chi connectivity index (χ0n) is 11.7. The van der Waals surface area contributed by atoms with Gasteiger partial charge in [-0.15, -0.1) is 0 Å². The summed E-state index contributed by atoms with van der Waals surface area (Å²) >= 11 is 0. The molecular formula is C17H16N2O2. The summed E-state index contributed by atoms with van der Waals surface area (Å²) in [7, 11) is 1.73. The number of nitrogens with zero attached hydrogens (tertiary/aromatic N) is 1. The fraction of sp³-hybridized carbons (Fsp3) is 0.118. The summed E-state index contributed by atoms with van der Waals surface area (Å²) in [6.45, 7) is 0.366. The van der Waals surface area contributed by atoms with E-state index in [9.17, 15) is 9.90 Å².